The third kappa shape index (κ3) is 5.86. The second-order valence-corrected chi connectivity index (χ2v) is 7.17. The summed E-state index contributed by atoms with van der Waals surface area (Å²) in [5.41, 5.74) is 0.397. The maximum atomic E-state index is 11.7. The highest BCUT2D eigenvalue weighted by Crippen LogP contribution is 2.18. The number of hydrogen-bond donors (Lipinski definition) is 2. The normalized spacial score (nSPS) is 11.2. The van der Waals surface area contributed by atoms with Gasteiger partial charge in [-0.1, -0.05) is 11.8 Å². The van der Waals surface area contributed by atoms with Gasteiger partial charge in [0.1, 0.15) is 11.4 Å². The lowest BCUT2D eigenvalue weighted by Gasteiger charge is -2.19. The highest BCUT2D eigenvalue weighted by atomic mass is 32.2. The van der Waals surface area contributed by atoms with Gasteiger partial charge in [-0.25, -0.2) is 4.68 Å². The predicted octanol–water partition coefficient (Wildman–Crippen LogP) is 2.05. The largest absolute Gasteiger partial charge is 0.497 e. The quantitative estimate of drug-likeness (QED) is 0.436. The molecule has 0 radical (unpaired) electrons. The molecule has 0 saturated heterocycles. The van der Waals surface area contributed by atoms with E-state index in [1.165, 1.54) is 16.4 Å². The van der Waals surface area contributed by atoms with Crippen LogP contribution in [0.5, 0.6) is 5.75 Å². The van der Waals surface area contributed by atoms with Gasteiger partial charge in [-0.2, -0.15) is 0 Å². The summed E-state index contributed by atoms with van der Waals surface area (Å²) in [5, 5.41) is 11.7. The van der Waals surface area contributed by atoms with E-state index >= 15 is 0 Å². The van der Waals surface area contributed by atoms with Crippen LogP contribution < -0.4 is 15.9 Å². The number of carbonyl (C=O) groups excluding carboxylic acids is 1. The summed E-state index contributed by atoms with van der Waals surface area (Å²) in [5.74, 6) is 7.13. The summed E-state index contributed by atoms with van der Waals surface area (Å²) in [6.07, 6.45) is 0. The predicted molar refractivity (Wildman–Crippen MR) is 97.1 cm³/mol. The van der Waals surface area contributed by atoms with E-state index in [-0.39, 0.29) is 11.7 Å². The molecular weight excluding hydrogens is 342 g/mol. The minimum atomic E-state index is -0.512. The lowest BCUT2D eigenvalue weighted by Crippen LogP contribution is -2.25. The van der Waals surface area contributed by atoms with Crippen LogP contribution in [0, 0.1) is 0 Å². The average molecular weight is 365 g/mol. The molecule has 0 atom stereocenters. The number of benzene rings is 1. The smallest absolute Gasteiger partial charge is 0.316 e. The zero-order valence-electron chi connectivity index (χ0n) is 14.8. The van der Waals surface area contributed by atoms with Gasteiger partial charge in [-0.15, -0.1) is 10.2 Å². The Morgan fingerprint density at radius 3 is 2.56 bits per heavy atom. The van der Waals surface area contributed by atoms with Gasteiger partial charge in [0.2, 0.25) is 5.16 Å². The molecule has 9 heteroatoms. The van der Waals surface area contributed by atoms with Crippen LogP contribution in [0.15, 0.2) is 29.4 Å². The van der Waals surface area contributed by atoms with Crippen molar-refractivity contribution in [1.29, 1.82) is 0 Å². The first kappa shape index (κ1) is 18.9. The fourth-order valence-electron chi connectivity index (χ4n) is 1.91. The Bertz CT molecular complexity index is 710. The molecule has 2 rings (SSSR count). The molecule has 8 nitrogen and oxygen atoms in total. The van der Waals surface area contributed by atoms with Crippen molar-refractivity contribution in [3.05, 3.63) is 30.1 Å². The van der Waals surface area contributed by atoms with Gasteiger partial charge >= 0.3 is 5.97 Å². The summed E-state index contributed by atoms with van der Waals surface area (Å²) in [6, 6.07) is 7.51. The van der Waals surface area contributed by atoms with Crippen molar-refractivity contribution in [1.82, 2.24) is 14.9 Å². The number of methoxy groups -OCH3 is 1. The Balaban J connectivity index is 1.88. The van der Waals surface area contributed by atoms with Crippen molar-refractivity contribution in [2.24, 2.45) is 0 Å². The molecule has 0 fully saturated rings. The monoisotopic (exact) mass is 365 g/mol. The number of rotatable bonds is 7. The second-order valence-electron chi connectivity index (χ2n) is 6.23. The van der Waals surface area contributed by atoms with E-state index in [1.54, 1.807) is 7.11 Å². The minimum Gasteiger partial charge on any atom is -0.497 e. The van der Waals surface area contributed by atoms with Gasteiger partial charge < -0.3 is 20.6 Å². The topological polar surface area (TPSA) is 104 Å². The van der Waals surface area contributed by atoms with Gasteiger partial charge in [0.25, 0.3) is 0 Å². The van der Waals surface area contributed by atoms with E-state index in [1.807, 2.05) is 45.0 Å². The second kappa shape index (κ2) is 8.11. The average Bonchev–Trinajstić information content (AvgIpc) is 2.90. The van der Waals surface area contributed by atoms with Gasteiger partial charge in [-0.3, -0.25) is 4.79 Å². The molecule has 1 aromatic carbocycles. The Morgan fingerprint density at radius 2 is 1.96 bits per heavy atom. The highest BCUT2D eigenvalue weighted by Gasteiger charge is 2.18. The Morgan fingerprint density at radius 1 is 1.28 bits per heavy atom. The first-order valence-corrected chi connectivity index (χ1v) is 8.69. The lowest BCUT2D eigenvalue weighted by atomic mass is 10.2. The van der Waals surface area contributed by atoms with Crippen LogP contribution in [-0.2, 0) is 16.1 Å². The number of ether oxygens (including phenoxy) is 2. The summed E-state index contributed by atoms with van der Waals surface area (Å²) >= 11 is 1.19. The van der Waals surface area contributed by atoms with Gasteiger partial charge in [-0.05, 0) is 45.0 Å². The fraction of sp³-hybridized carbons (Fsp3) is 0.438. The number of nitrogen functional groups attached to an aromatic ring is 1. The van der Waals surface area contributed by atoms with E-state index in [0.717, 1.165) is 11.4 Å². The minimum absolute atomic E-state index is 0.124. The van der Waals surface area contributed by atoms with Gasteiger partial charge in [0, 0.05) is 5.69 Å². The standard InChI is InChI=1S/C16H23N5O3S/c1-16(2,3)24-14(22)10-25-15-20-19-13(21(15)17)9-18-11-5-7-12(23-4)8-6-11/h5-8,18H,9-10,17H2,1-4H3. The maximum Gasteiger partial charge on any atom is 0.316 e. The first-order valence-electron chi connectivity index (χ1n) is 7.70. The van der Waals surface area contributed by atoms with Crippen molar-refractivity contribution < 1.29 is 14.3 Å². The van der Waals surface area contributed by atoms with Gasteiger partial charge in [0.05, 0.1) is 19.4 Å². The number of hydrogen-bond acceptors (Lipinski definition) is 8. The van der Waals surface area contributed by atoms with Crippen molar-refractivity contribution in [2.75, 3.05) is 24.0 Å². The molecule has 0 aliphatic heterocycles. The third-order valence-corrected chi connectivity index (χ3v) is 3.93. The molecule has 2 aromatic rings. The summed E-state index contributed by atoms with van der Waals surface area (Å²) in [4.78, 5) is 11.7. The highest BCUT2D eigenvalue weighted by molar-refractivity contribution is 7.99. The molecule has 136 valence electrons. The Kier molecular flexibility index (Phi) is 6.13. The number of carbonyl (C=O) groups is 1. The van der Waals surface area contributed by atoms with Crippen LogP contribution in [0.3, 0.4) is 0 Å². The summed E-state index contributed by atoms with van der Waals surface area (Å²) < 4.78 is 11.7. The molecule has 0 unspecified atom stereocenters. The van der Waals surface area contributed by atoms with Crippen LogP contribution in [0.25, 0.3) is 0 Å². The van der Waals surface area contributed by atoms with E-state index in [4.69, 9.17) is 15.3 Å². The molecule has 25 heavy (non-hydrogen) atoms. The van der Waals surface area contributed by atoms with Crippen molar-refractivity contribution in [3.8, 4) is 5.75 Å². The number of nitrogens with two attached hydrogens (primary N) is 1. The van der Waals surface area contributed by atoms with E-state index < -0.39 is 5.60 Å². The van der Waals surface area contributed by atoms with Gasteiger partial charge in [0.15, 0.2) is 5.82 Å². The SMILES string of the molecule is COc1ccc(NCc2nnc(SCC(=O)OC(C)(C)C)n2N)cc1. The third-order valence-electron chi connectivity index (χ3n) is 3.01. The lowest BCUT2D eigenvalue weighted by molar-refractivity contribution is -0.151. The van der Waals surface area contributed by atoms with E-state index in [2.05, 4.69) is 15.5 Å². The summed E-state index contributed by atoms with van der Waals surface area (Å²) in [7, 11) is 1.62. The Hall–Kier alpha value is -2.42. The number of esters is 1. The van der Waals surface area contributed by atoms with Crippen molar-refractivity contribution >= 4 is 23.4 Å². The molecule has 0 saturated carbocycles. The summed E-state index contributed by atoms with van der Waals surface area (Å²) in [6.45, 7) is 5.88. The zero-order chi connectivity index (χ0) is 18.4. The molecule has 0 amide bonds. The molecule has 3 N–H and O–H groups in total. The number of nitrogens with zero attached hydrogens (tertiary/aromatic N) is 3. The van der Waals surface area contributed by atoms with Crippen LogP contribution in [0.2, 0.25) is 0 Å². The molecule has 0 spiro atoms. The van der Waals surface area contributed by atoms with E-state index in [0.29, 0.717) is 17.5 Å². The van der Waals surface area contributed by atoms with Crippen LogP contribution in [0.4, 0.5) is 5.69 Å². The van der Waals surface area contributed by atoms with Crippen molar-refractivity contribution in [2.45, 2.75) is 38.1 Å². The molecular formula is C16H23N5O3S. The molecule has 0 aliphatic carbocycles. The number of anilines is 1. The fourth-order valence-corrected chi connectivity index (χ4v) is 2.56. The van der Waals surface area contributed by atoms with Crippen LogP contribution in [-0.4, -0.2) is 39.3 Å². The molecule has 1 heterocycles. The van der Waals surface area contributed by atoms with Crippen molar-refractivity contribution in [3.63, 3.8) is 0 Å². The van der Waals surface area contributed by atoms with Crippen LogP contribution in [0.1, 0.15) is 26.6 Å². The number of aromatic nitrogens is 3. The molecule has 1 aromatic heterocycles. The Labute approximate surface area is 151 Å². The van der Waals surface area contributed by atoms with Crippen LogP contribution >= 0.6 is 11.8 Å². The van der Waals surface area contributed by atoms with E-state index in [9.17, 15) is 4.79 Å². The number of nitrogens with one attached hydrogen (secondary N) is 1. The molecule has 0 bridgehead atoms. The first-order chi connectivity index (χ1) is 11.8. The molecule has 0 aliphatic rings. The maximum absolute atomic E-state index is 11.7. The zero-order valence-corrected chi connectivity index (χ0v) is 15.6. The number of thioether (sulfide) groups is 1.